The second kappa shape index (κ2) is 8.78. The first kappa shape index (κ1) is 17.6. The lowest BCUT2D eigenvalue weighted by Crippen LogP contribution is -2.34. The van der Waals surface area contributed by atoms with Gasteiger partial charge in [0.2, 0.25) is 11.9 Å². The number of aromatic nitrogens is 3. The van der Waals surface area contributed by atoms with Crippen LogP contribution in [0.3, 0.4) is 0 Å². The maximum atomic E-state index is 12.4. The summed E-state index contributed by atoms with van der Waals surface area (Å²) in [6, 6.07) is 0. The minimum atomic E-state index is -0.187. The van der Waals surface area contributed by atoms with E-state index in [-0.39, 0.29) is 24.3 Å². The number of anilines is 1. The zero-order valence-electron chi connectivity index (χ0n) is 14.7. The predicted octanol–water partition coefficient (Wildman–Crippen LogP) is 2.51. The Bertz CT molecular complexity index is 621. The van der Waals surface area contributed by atoms with Crippen LogP contribution in [0.5, 0.6) is 0 Å². The van der Waals surface area contributed by atoms with E-state index in [1.165, 1.54) is 35.8 Å². The van der Waals surface area contributed by atoms with Crippen LogP contribution in [0.2, 0.25) is 0 Å². The lowest BCUT2D eigenvalue weighted by molar-refractivity contribution is -0.132. The highest BCUT2D eigenvalue weighted by molar-refractivity contribution is 5.98. The Kier molecular flexibility index (Phi) is 6.19. The molecule has 136 valence electrons. The molecule has 7 heteroatoms. The molecule has 2 amide bonds. The van der Waals surface area contributed by atoms with Gasteiger partial charge < -0.3 is 4.90 Å². The summed E-state index contributed by atoms with van der Waals surface area (Å²) in [5.41, 5.74) is 1.19. The molecule has 3 rings (SSSR count). The van der Waals surface area contributed by atoms with Gasteiger partial charge in [-0.2, -0.15) is 0 Å². The monoisotopic (exact) mass is 345 g/mol. The minimum absolute atomic E-state index is 0.0639. The molecule has 25 heavy (non-hydrogen) atoms. The molecule has 2 heterocycles. The summed E-state index contributed by atoms with van der Waals surface area (Å²) in [5, 5.41) is 6.89. The number of carbonyl (C=O) groups excluding carboxylic acids is 2. The van der Waals surface area contributed by atoms with Gasteiger partial charge in [0.25, 0.3) is 5.91 Å². The first-order valence-electron chi connectivity index (χ1n) is 9.38. The SMILES string of the molecule is O=C(C=C1CCCCC1)Nc1ncn(CC(=O)N2CCCCCC2)n1. The molecule has 0 bridgehead atoms. The summed E-state index contributed by atoms with van der Waals surface area (Å²) < 4.78 is 1.50. The highest BCUT2D eigenvalue weighted by atomic mass is 16.2. The zero-order valence-corrected chi connectivity index (χ0v) is 14.7. The first-order chi connectivity index (χ1) is 12.2. The number of hydrogen-bond donors (Lipinski definition) is 1. The van der Waals surface area contributed by atoms with Crippen LogP contribution in [0.15, 0.2) is 18.0 Å². The van der Waals surface area contributed by atoms with Crippen LogP contribution in [-0.2, 0) is 16.1 Å². The van der Waals surface area contributed by atoms with Gasteiger partial charge in [-0.05, 0) is 38.5 Å². The van der Waals surface area contributed by atoms with Crippen molar-refractivity contribution in [1.82, 2.24) is 19.7 Å². The topological polar surface area (TPSA) is 80.1 Å². The molecule has 0 aromatic carbocycles. The molecular formula is C18H27N5O2. The Morgan fingerprint density at radius 1 is 1.04 bits per heavy atom. The van der Waals surface area contributed by atoms with E-state index < -0.39 is 0 Å². The summed E-state index contributed by atoms with van der Waals surface area (Å²) in [5.74, 6) is 0.129. The fraction of sp³-hybridized carbons (Fsp3) is 0.667. The van der Waals surface area contributed by atoms with E-state index >= 15 is 0 Å². The zero-order chi connectivity index (χ0) is 17.5. The van der Waals surface area contributed by atoms with Crippen molar-refractivity contribution in [2.24, 2.45) is 0 Å². The molecule has 0 spiro atoms. The quantitative estimate of drug-likeness (QED) is 0.850. The third kappa shape index (κ3) is 5.41. The summed E-state index contributed by atoms with van der Waals surface area (Å²) in [7, 11) is 0. The van der Waals surface area contributed by atoms with E-state index in [0.717, 1.165) is 51.6 Å². The van der Waals surface area contributed by atoms with Crippen molar-refractivity contribution < 1.29 is 9.59 Å². The van der Waals surface area contributed by atoms with E-state index in [4.69, 9.17) is 0 Å². The Labute approximate surface area is 148 Å². The summed E-state index contributed by atoms with van der Waals surface area (Å²) in [6.07, 6.45) is 13.3. The normalized spacial score (nSPS) is 18.6. The molecule has 2 aliphatic rings. The second-order valence-electron chi connectivity index (χ2n) is 6.91. The largest absolute Gasteiger partial charge is 0.341 e. The number of rotatable bonds is 4. The molecular weight excluding hydrogens is 318 g/mol. The molecule has 2 fully saturated rings. The van der Waals surface area contributed by atoms with E-state index in [1.807, 2.05) is 4.90 Å². The van der Waals surface area contributed by atoms with Crippen LogP contribution < -0.4 is 5.32 Å². The van der Waals surface area contributed by atoms with Gasteiger partial charge in [-0.15, -0.1) is 5.10 Å². The number of carbonyl (C=O) groups is 2. The second-order valence-corrected chi connectivity index (χ2v) is 6.91. The van der Waals surface area contributed by atoms with Gasteiger partial charge in [0, 0.05) is 19.2 Å². The van der Waals surface area contributed by atoms with Crippen molar-refractivity contribution in [2.45, 2.75) is 64.3 Å². The van der Waals surface area contributed by atoms with Crippen LogP contribution in [0.1, 0.15) is 57.8 Å². The fourth-order valence-corrected chi connectivity index (χ4v) is 3.47. The van der Waals surface area contributed by atoms with E-state index in [0.29, 0.717) is 0 Å². The molecule has 1 aromatic rings. The minimum Gasteiger partial charge on any atom is -0.341 e. The van der Waals surface area contributed by atoms with Crippen LogP contribution >= 0.6 is 0 Å². The van der Waals surface area contributed by atoms with Crippen molar-refractivity contribution in [3.8, 4) is 0 Å². The van der Waals surface area contributed by atoms with Crippen molar-refractivity contribution in [3.63, 3.8) is 0 Å². The molecule has 1 N–H and O–H groups in total. The average Bonchev–Trinajstić information content (AvgIpc) is 2.86. The highest BCUT2D eigenvalue weighted by Gasteiger charge is 2.17. The number of amides is 2. The lowest BCUT2D eigenvalue weighted by Gasteiger charge is -2.19. The Balaban J connectivity index is 1.51. The lowest BCUT2D eigenvalue weighted by atomic mass is 9.95. The molecule has 1 saturated heterocycles. The van der Waals surface area contributed by atoms with E-state index in [9.17, 15) is 9.59 Å². The molecule has 1 aliphatic carbocycles. The molecule has 1 saturated carbocycles. The maximum Gasteiger partial charge on any atom is 0.250 e. The van der Waals surface area contributed by atoms with Crippen molar-refractivity contribution in [1.29, 1.82) is 0 Å². The number of hydrogen-bond acceptors (Lipinski definition) is 4. The summed E-state index contributed by atoms with van der Waals surface area (Å²) >= 11 is 0. The van der Waals surface area contributed by atoms with Crippen molar-refractivity contribution in [3.05, 3.63) is 18.0 Å². The maximum absolute atomic E-state index is 12.4. The number of likely N-dealkylation sites (tertiary alicyclic amines) is 1. The van der Waals surface area contributed by atoms with Gasteiger partial charge in [0.15, 0.2) is 0 Å². The third-order valence-electron chi connectivity index (χ3n) is 4.86. The Hall–Kier alpha value is -2.18. The van der Waals surface area contributed by atoms with Crippen LogP contribution in [0, 0.1) is 0 Å². The molecule has 0 unspecified atom stereocenters. The van der Waals surface area contributed by atoms with Gasteiger partial charge in [-0.25, -0.2) is 9.67 Å². The van der Waals surface area contributed by atoms with Gasteiger partial charge in [0.05, 0.1) is 0 Å². The Morgan fingerprint density at radius 3 is 2.44 bits per heavy atom. The van der Waals surface area contributed by atoms with E-state index in [1.54, 1.807) is 6.08 Å². The Morgan fingerprint density at radius 2 is 1.72 bits per heavy atom. The number of allylic oxidation sites excluding steroid dienone is 1. The predicted molar refractivity (Wildman–Crippen MR) is 94.9 cm³/mol. The smallest absolute Gasteiger partial charge is 0.250 e. The third-order valence-corrected chi connectivity index (χ3v) is 4.86. The van der Waals surface area contributed by atoms with E-state index in [2.05, 4.69) is 15.4 Å². The molecule has 0 atom stereocenters. The van der Waals surface area contributed by atoms with Crippen molar-refractivity contribution >= 4 is 17.8 Å². The molecule has 7 nitrogen and oxygen atoms in total. The van der Waals surface area contributed by atoms with Crippen LogP contribution in [-0.4, -0.2) is 44.6 Å². The average molecular weight is 345 g/mol. The van der Waals surface area contributed by atoms with Gasteiger partial charge in [-0.3, -0.25) is 14.9 Å². The summed E-state index contributed by atoms with van der Waals surface area (Å²) in [6.45, 7) is 1.82. The van der Waals surface area contributed by atoms with Gasteiger partial charge >= 0.3 is 0 Å². The van der Waals surface area contributed by atoms with Gasteiger partial charge in [0.1, 0.15) is 12.9 Å². The van der Waals surface area contributed by atoms with Gasteiger partial charge in [-0.1, -0.05) is 24.8 Å². The first-order valence-corrected chi connectivity index (χ1v) is 9.38. The molecule has 1 aliphatic heterocycles. The fourth-order valence-electron chi connectivity index (χ4n) is 3.47. The number of nitrogens with zero attached hydrogens (tertiary/aromatic N) is 4. The standard InChI is InChI=1S/C18H27N5O2/c24-16(12-15-8-4-3-5-9-15)20-18-19-14-23(21-18)13-17(25)22-10-6-1-2-7-11-22/h12,14H,1-11,13H2,(H,20,21,24). The summed E-state index contributed by atoms with van der Waals surface area (Å²) in [4.78, 5) is 30.4. The number of nitrogens with one attached hydrogen (secondary N) is 1. The highest BCUT2D eigenvalue weighted by Crippen LogP contribution is 2.22. The molecule has 0 radical (unpaired) electrons. The molecule has 1 aromatic heterocycles. The van der Waals surface area contributed by atoms with Crippen LogP contribution in [0.4, 0.5) is 5.95 Å². The van der Waals surface area contributed by atoms with Crippen molar-refractivity contribution in [2.75, 3.05) is 18.4 Å². The van der Waals surface area contributed by atoms with Crippen LogP contribution in [0.25, 0.3) is 0 Å².